The van der Waals surface area contributed by atoms with Crippen LogP contribution in [0.4, 0.5) is 0 Å². The largest absolute Gasteiger partial charge is 0.366 e. The highest BCUT2D eigenvalue weighted by Crippen LogP contribution is 1.87. The zero-order valence-electron chi connectivity index (χ0n) is 12.2. The van der Waals surface area contributed by atoms with Gasteiger partial charge in [-0.15, -0.1) is 13.2 Å². The van der Waals surface area contributed by atoms with Gasteiger partial charge in [0.2, 0.25) is 0 Å². The quantitative estimate of drug-likeness (QED) is 0.498. The van der Waals surface area contributed by atoms with E-state index in [1.807, 2.05) is 40.0 Å². The Bertz CT molecular complexity index is 166. The first-order chi connectivity index (χ1) is 7.54. The summed E-state index contributed by atoms with van der Waals surface area (Å²) < 4.78 is 0. The molecule has 1 heteroatoms. The van der Waals surface area contributed by atoms with Gasteiger partial charge in [0.15, 0.2) is 0 Å². The van der Waals surface area contributed by atoms with Gasteiger partial charge >= 0.3 is 0 Å². The van der Waals surface area contributed by atoms with Crippen LogP contribution in [0.1, 0.15) is 48.0 Å². The number of hydrogen-bond acceptors (Lipinski definition) is 1. The number of hydrogen-bond donors (Lipinski definition) is 1. The van der Waals surface area contributed by atoms with Crippen molar-refractivity contribution in [3.05, 3.63) is 49.9 Å². The first kappa shape index (κ1) is 24.1. The van der Waals surface area contributed by atoms with Crippen molar-refractivity contribution >= 4 is 0 Å². The number of nitrogens with one attached hydrogen (secondary N) is 1. The molecule has 0 aliphatic heterocycles. The van der Waals surface area contributed by atoms with Crippen molar-refractivity contribution in [2.45, 2.75) is 48.0 Å². The molecule has 0 aromatic rings. The third-order valence-corrected chi connectivity index (χ3v) is 0.698. The molecule has 1 N–H and O–H groups in total. The van der Waals surface area contributed by atoms with E-state index in [9.17, 15) is 0 Å². The summed E-state index contributed by atoms with van der Waals surface area (Å²) in [6.45, 7) is 25.5. The molecule has 0 radical (unpaired) electrons. The fourth-order valence-corrected chi connectivity index (χ4v) is 0.326. The standard InChI is InChI=1S/C8H13N.C3H8.C2H6.C2H4/c1-7(2)5-6-9-8(3)4;1-3-2;2*1-2/h5-6,9H,1,3H2,2,4H3;3H2,1-2H3;1-2H3;1-2H2/b6-5-;;;. The molecule has 96 valence electrons. The minimum Gasteiger partial charge on any atom is -0.366 e. The van der Waals surface area contributed by atoms with E-state index in [4.69, 9.17) is 0 Å². The van der Waals surface area contributed by atoms with Gasteiger partial charge in [-0.2, -0.15) is 0 Å². The molecule has 0 spiro atoms. The molecule has 0 heterocycles. The van der Waals surface area contributed by atoms with E-state index in [0.717, 1.165) is 11.3 Å². The van der Waals surface area contributed by atoms with E-state index in [0.29, 0.717) is 0 Å². The van der Waals surface area contributed by atoms with Crippen molar-refractivity contribution in [1.82, 2.24) is 5.32 Å². The Morgan fingerprint density at radius 2 is 1.38 bits per heavy atom. The minimum atomic E-state index is 0.938. The Hall–Kier alpha value is -1.24. The summed E-state index contributed by atoms with van der Waals surface area (Å²) in [5, 5.41) is 2.94. The highest BCUT2D eigenvalue weighted by molar-refractivity contribution is 5.11. The average Bonchev–Trinajstić information content (AvgIpc) is 2.24. The lowest BCUT2D eigenvalue weighted by atomic mass is 10.3. The monoisotopic (exact) mass is 225 g/mol. The second kappa shape index (κ2) is 29.2. The molecule has 1 nitrogen and oxygen atoms in total. The summed E-state index contributed by atoms with van der Waals surface area (Å²) in [6.07, 6.45) is 4.97. The molecular weight excluding hydrogens is 194 g/mol. The Kier molecular flexibility index (Phi) is 44.0. The maximum Gasteiger partial charge on any atom is 0.00420 e. The van der Waals surface area contributed by atoms with Gasteiger partial charge in [-0.3, -0.25) is 0 Å². The van der Waals surface area contributed by atoms with Crippen molar-refractivity contribution in [2.24, 2.45) is 0 Å². The zero-order chi connectivity index (χ0) is 14.0. The second-order valence-electron chi connectivity index (χ2n) is 2.81. The summed E-state index contributed by atoms with van der Waals surface area (Å²) in [6, 6.07) is 0. The molecule has 0 aliphatic rings. The SMILES string of the molecule is C=C.C=C(C)/C=C\NC(=C)C.CC.CCC. The van der Waals surface area contributed by atoms with Crippen LogP contribution in [0, 0.1) is 0 Å². The summed E-state index contributed by atoms with van der Waals surface area (Å²) in [5.74, 6) is 0. The third kappa shape index (κ3) is 77.9. The molecule has 0 saturated heterocycles. The highest BCUT2D eigenvalue weighted by atomic mass is 14.8. The lowest BCUT2D eigenvalue weighted by Gasteiger charge is -1.94. The zero-order valence-corrected chi connectivity index (χ0v) is 12.2. The lowest BCUT2D eigenvalue weighted by molar-refractivity contribution is 1.07. The van der Waals surface area contributed by atoms with E-state index in [2.05, 4.69) is 45.5 Å². The Morgan fingerprint density at radius 3 is 1.56 bits per heavy atom. The molecule has 0 aromatic heterocycles. The van der Waals surface area contributed by atoms with E-state index in [1.165, 1.54) is 6.42 Å². The van der Waals surface area contributed by atoms with Crippen LogP contribution in [-0.4, -0.2) is 0 Å². The normalized spacial score (nSPS) is 7.12. The molecule has 0 rings (SSSR count). The minimum absolute atomic E-state index is 0.938. The van der Waals surface area contributed by atoms with Crippen LogP contribution in [-0.2, 0) is 0 Å². The highest BCUT2D eigenvalue weighted by Gasteiger charge is 1.74. The van der Waals surface area contributed by atoms with Crippen LogP contribution in [0.2, 0.25) is 0 Å². The van der Waals surface area contributed by atoms with Crippen LogP contribution in [0.3, 0.4) is 0 Å². The van der Waals surface area contributed by atoms with Crippen molar-refractivity contribution in [3.8, 4) is 0 Å². The first-order valence-corrected chi connectivity index (χ1v) is 5.78. The molecule has 0 amide bonds. The molecule has 16 heavy (non-hydrogen) atoms. The fraction of sp³-hybridized carbons (Fsp3) is 0.467. The molecule has 0 aromatic carbocycles. The maximum atomic E-state index is 3.70. The van der Waals surface area contributed by atoms with Gasteiger partial charge in [0.05, 0.1) is 0 Å². The van der Waals surface area contributed by atoms with Gasteiger partial charge in [0.1, 0.15) is 0 Å². The van der Waals surface area contributed by atoms with E-state index >= 15 is 0 Å². The third-order valence-electron chi connectivity index (χ3n) is 0.698. The van der Waals surface area contributed by atoms with Crippen molar-refractivity contribution in [3.63, 3.8) is 0 Å². The summed E-state index contributed by atoms with van der Waals surface area (Å²) in [7, 11) is 0. The van der Waals surface area contributed by atoms with E-state index in [-0.39, 0.29) is 0 Å². The molecule has 0 aliphatic carbocycles. The smallest absolute Gasteiger partial charge is 0.00420 e. The summed E-state index contributed by atoms with van der Waals surface area (Å²) in [4.78, 5) is 0. The molecule has 0 bridgehead atoms. The molecule has 0 atom stereocenters. The van der Waals surface area contributed by atoms with Gasteiger partial charge in [-0.25, -0.2) is 0 Å². The van der Waals surface area contributed by atoms with Gasteiger partial charge < -0.3 is 5.32 Å². The summed E-state index contributed by atoms with van der Waals surface area (Å²) >= 11 is 0. The molecular formula is C15H31N. The van der Waals surface area contributed by atoms with Crippen LogP contribution < -0.4 is 5.32 Å². The van der Waals surface area contributed by atoms with Crippen LogP contribution in [0.25, 0.3) is 0 Å². The average molecular weight is 225 g/mol. The predicted molar refractivity (Wildman–Crippen MR) is 80.5 cm³/mol. The van der Waals surface area contributed by atoms with E-state index in [1.54, 1.807) is 0 Å². The van der Waals surface area contributed by atoms with Crippen LogP contribution in [0.5, 0.6) is 0 Å². The van der Waals surface area contributed by atoms with Crippen LogP contribution in [0.15, 0.2) is 49.9 Å². The van der Waals surface area contributed by atoms with Gasteiger partial charge in [-0.1, -0.05) is 52.8 Å². The molecule has 0 unspecified atom stereocenters. The fourth-order valence-electron chi connectivity index (χ4n) is 0.326. The Morgan fingerprint density at radius 1 is 1.06 bits per heavy atom. The van der Waals surface area contributed by atoms with Gasteiger partial charge in [0, 0.05) is 11.9 Å². The molecule has 0 saturated carbocycles. The van der Waals surface area contributed by atoms with Crippen molar-refractivity contribution in [2.75, 3.05) is 0 Å². The topological polar surface area (TPSA) is 12.0 Å². The van der Waals surface area contributed by atoms with Crippen LogP contribution >= 0.6 is 0 Å². The number of allylic oxidation sites excluding steroid dienone is 3. The maximum absolute atomic E-state index is 3.70. The lowest BCUT2D eigenvalue weighted by Crippen LogP contribution is -1.97. The van der Waals surface area contributed by atoms with E-state index < -0.39 is 0 Å². The second-order valence-corrected chi connectivity index (χ2v) is 2.81. The first-order valence-electron chi connectivity index (χ1n) is 5.78. The molecule has 0 fully saturated rings. The van der Waals surface area contributed by atoms with Gasteiger partial charge in [0.25, 0.3) is 0 Å². The van der Waals surface area contributed by atoms with Crippen molar-refractivity contribution in [1.29, 1.82) is 0 Å². The van der Waals surface area contributed by atoms with Crippen molar-refractivity contribution < 1.29 is 0 Å². The predicted octanol–water partition coefficient (Wildman–Crippen LogP) is 5.44. The summed E-state index contributed by atoms with van der Waals surface area (Å²) in [5.41, 5.74) is 1.97. The Labute approximate surface area is 104 Å². The van der Waals surface area contributed by atoms with Gasteiger partial charge in [-0.05, 0) is 19.9 Å². The number of rotatable bonds is 3. The Balaban J connectivity index is -0.0000000864.